The van der Waals surface area contributed by atoms with Gasteiger partial charge in [-0.1, -0.05) is 18.2 Å². The van der Waals surface area contributed by atoms with E-state index in [1.807, 2.05) is 28.8 Å². The van der Waals surface area contributed by atoms with Crippen LogP contribution in [0.5, 0.6) is 0 Å². The number of nitrogens with two attached hydrogens (primary N) is 1. The van der Waals surface area contributed by atoms with E-state index in [1.165, 1.54) is 18.1 Å². The van der Waals surface area contributed by atoms with E-state index >= 15 is 0 Å². The van der Waals surface area contributed by atoms with Crippen LogP contribution in [0.15, 0.2) is 47.1 Å². The van der Waals surface area contributed by atoms with Gasteiger partial charge in [0.1, 0.15) is 12.6 Å². The molecule has 13 heteroatoms. The van der Waals surface area contributed by atoms with Crippen molar-refractivity contribution in [3.8, 4) is 0 Å². The number of halogens is 1. The molecule has 1 saturated carbocycles. The standard InChI is InChI=1S/C20H21IN6O4S2/c21-14-5-2-1-4-13(14)19-30-10-15(31-19)32-20-25-16-17(22)23-11-24-18(16)27(20)8-3-9-33(28,29)26-12-6-7-12/h1-2,4-5,10-12,19,26H,3,6-9H2,(H2,22,23,24). The van der Waals surface area contributed by atoms with Crippen molar-refractivity contribution in [3.05, 3.63) is 51.1 Å². The summed E-state index contributed by atoms with van der Waals surface area (Å²) in [7, 11) is -3.32. The Bertz CT molecular complexity index is 1330. The number of fused-ring (bicyclic) bond motifs is 1. The van der Waals surface area contributed by atoms with Crippen LogP contribution in [-0.4, -0.2) is 39.7 Å². The van der Waals surface area contributed by atoms with Crippen molar-refractivity contribution < 1.29 is 17.9 Å². The molecule has 1 atom stereocenters. The molecule has 1 fully saturated rings. The summed E-state index contributed by atoms with van der Waals surface area (Å²) in [5.41, 5.74) is 7.95. The lowest BCUT2D eigenvalue weighted by atomic mass is 10.2. The Hall–Kier alpha value is -2.10. The maximum Gasteiger partial charge on any atom is 0.268 e. The zero-order valence-electron chi connectivity index (χ0n) is 17.3. The van der Waals surface area contributed by atoms with Gasteiger partial charge in [0, 0.05) is 21.7 Å². The number of nitrogens with one attached hydrogen (secondary N) is 1. The van der Waals surface area contributed by atoms with Crippen molar-refractivity contribution in [1.82, 2.24) is 24.2 Å². The smallest absolute Gasteiger partial charge is 0.268 e. The van der Waals surface area contributed by atoms with Crippen LogP contribution < -0.4 is 10.5 Å². The summed E-state index contributed by atoms with van der Waals surface area (Å²) in [6, 6.07) is 7.92. The summed E-state index contributed by atoms with van der Waals surface area (Å²) in [4.78, 5) is 12.9. The molecule has 0 radical (unpaired) electrons. The molecule has 3 aromatic rings. The molecule has 1 aromatic carbocycles. The number of imidazole rings is 1. The van der Waals surface area contributed by atoms with Gasteiger partial charge in [-0.15, -0.1) is 0 Å². The van der Waals surface area contributed by atoms with Gasteiger partial charge in [0.15, 0.2) is 22.1 Å². The Morgan fingerprint density at radius 1 is 1.27 bits per heavy atom. The van der Waals surface area contributed by atoms with Gasteiger partial charge in [0.05, 0.1) is 5.75 Å². The molecule has 0 amide bonds. The zero-order chi connectivity index (χ0) is 23.0. The Balaban J connectivity index is 1.33. The highest BCUT2D eigenvalue weighted by molar-refractivity contribution is 14.1. The Kier molecular flexibility index (Phi) is 6.37. The van der Waals surface area contributed by atoms with E-state index in [1.54, 1.807) is 6.26 Å². The summed E-state index contributed by atoms with van der Waals surface area (Å²) in [5, 5.41) is 1.11. The number of thioether (sulfide) groups is 1. The number of nitrogens with zero attached hydrogens (tertiary/aromatic N) is 4. The fourth-order valence-corrected chi connectivity index (χ4v) is 6.22. The van der Waals surface area contributed by atoms with E-state index in [0.29, 0.717) is 34.4 Å². The number of benzene rings is 1. The average molecular weight is 600 g/mol. The van der Waals surface area contributed by atoms with Crippen LogP contribution in [-0.2, 0) is 26.0 Å². The van der Waals surface area contributed by atoms with Crippen LogP contribution in [0.4, 0.5) is 5.82 Å². The normalized spacial score (nSPS) is 18.2. The van der Waals surface area contributed by atoms with Crippen molar-refractivity contribution in [2.75, 3.05) is 11.5 Å². The number of aromatic nitrogens is 4. The fraction of sp³-hybridized carbons (Fsp3) is 0.350. The molecule has 1 unspecified atom stereocenters. The fourth-order valence-electron chi connectivity index (χ4n) is 3.36. The zero-order valence-corrected chi connectivity index (χ0v) is 21.1. The first-order valence-corrected chi connectivity index (χ1v) is 13.9. The van der Waals surface area contributed by atoms with Crippen molar-refractivity contribution in [1.29, 1.82) is 0 Å². The quantitative estimate of drug-likeness (QED) is 0.356. The lowest BCUT2D eigenvalue weighted by Crippen LogP contribution is -2.28. The largest absolute Gasteiger partial charge is 0.454 e. The molecule has 2 aliphatic rings. The van der Waals surface area contributed by atoms with Crippen molar-refractivity contribution in [2.24, 2.45) is 0 Å². The summed E-state index contributed by atoms with van der Waals surface area (Å²) in [5.74, 6) is 0.280. The number of aryl methyl sites for hydroxylation is 1. The SMILES string of the molecule is Nc1ncnc2c1nc(SC1=COC(c3ccccc3I)O1)n2CCCS(=O)(=O)NC1CC1. The first kappa shape index (κ1) is 22.7. The third-order valence-electron chi connectivity index (χ3n) is 5.11. The van der Waals surface area contributed by atoms with E-state index in [-0.39, 0.29) is 17.6 Å². The molecule has 0 saturated heterocycles. The van der Waals surface area contributed by atoms with Crippen LogP contribution in [0.3, 0.4) is 0 Å². The lowest BCUT2D eigenvalue weighted by Gasteiger charge is -2.13. The van der Waals surface area contributed by atoms with E-state index in [9.17, 15) is 8.42 Å². The number of hydrogen-bond acceptors (Lipinski definition) is 9. The molecule has 1 aliphatic carbocycles. The summed E-state index contributed by atoms with van der Waals surface area (Å²) in [6.45, 7) is 0.398. The summed E-state index contributed by atoms with van der Waals surface area (Å²) in [6.07, 6.45) is 4.60. The molecule has 3 N–H and O–H groups in total. The Labute approximate surface area is 208 Å². The molecule has 0 bridgehead atoms. The highest BCUT2D eigenvalue weighted by Crippen LogP contribution is 2.39. The third kappa shape index (κ3) is 5.20. The van der Waals surface area contributed by atoms with Gasteiger partial charge in [-0.2, -0.15) is 0 Å². The predicted octanol–water partition coefficient (Wildman–Crippen LogP) is 3.12. The van der Waals surface area contributed by atoms with Gasteiger partial charge in [-0.25, -0.2) is 28.1 Å². The minimum atomic E-state index is -3.32. The van der Waals surface area contributed by atoms with Gasteiger partial charge in [-0.3, -0.25) is 0 Å². The van der Waals surface area contributed by atoms with Crippen molar-refractivity contribution in [3.63, 3.8) is 0 Å². The van der Waals surface area contributed by atoms with Crippen LogP contribution in [0.2, 0.25) is 0 Å². The van der Waals surface area contributed by atoms with Crippen molar-refractivity contribution in [2.45, 2.75) is 43.3 Å². The monoisotopic (exact) mass is 600 g/mol. The molecular formula is C20H21IN6O4S2. The Morgan fingerprint density at radius 3 is 2.88 bits per heavy atom. The molecule has 174 valence electrons. The van der Waals surface area contributed by atoms with E-state index in [4.69, 9.17) is 15.2 Å². The van der Waals surface area contributed by atoms with Crippen LogP contribution in [0.1, 0.15) is 31.1 Å². The number of nitrogen functional groups attached to an aromatic ring is 1. The predicted molar refractivity (Wildman–Crippen MR) is 132 cm³/mol. The molecule has 1 aliphatic heterocycles. The highest BCUT2D eigenvalue weighted by Gasteiger charge is 2.28. The van der Waals surface area contributed by atoms with E-state index < -0.39 is 16.3 Å². The third-order valence-corrected chi connectivity index (χ3v) is 8.49. The molecular weight excluding hydrogens is 579 g/mol. The van der Waals surface area contributed by atoms with Crippen molar-refractivity contribution >= 4 is 61.4 Å². The molecule has 33 heavy (non-hydrogen) atoms. The minimum Gasteiger partial charge on any atom is -0.454 e. The van der Waals surface area contributed by atoms with Crippen LogP contribution >= 0.6 is 34.4 Å². The number of ether oxygens (including phenoxy) is 2. The maximum absolute atomic E-state index is 12.3. The first-order valence-electron chi connectivity index (χ1n) is 10.3. The minimum absolute atomic E-state index is 0.0185. The molecule has 10 nitrogen and oxygen atoms in total. The number of hydrogen-bond donors (Lipinski definition) is 2. The number of anilines is 1. The maximum atomic E-state index is 12.3. The first-order chi connectivity index (χ1) is 15.9. The van der Waals surface area contributed by atoms with Gasteiger partial charge >= 0.3 is 0 Å². The summed E-state index contributed by atoms with van der Waals surface area (Å²) >= 11 is 3.51. The van der Waals surface area contributed by atoms with Gasteiger partial charge in [0.25, 0.3) is 6.29 Å². The lowest BCUT2D eigenvalue weighted by molar-refractivity contribution is -0.0279. The summed E-state index contributed by atoms with van der Waals surface area (Å²) < 4.78 is 41.8. The van der Waals surface area contributed by atoms with E-state index in [0.717, 1.165) is 22.0 Å². The number of sulfonamides is 1. The topological polar surface area (TPSA) is 134 Å². The highest BCUT2D eigenvalue weighted by atomic mass is 127. The van der Waals surface area contributed by atoms with Gasteiger partial charge < -0.3 is 19.8 Å². The number of rotatable bonds is 9. The Morgan fingerprint density at radius 2 is 2.09 bits per heavy atom. The second-order valence-corrected chi connectivity index (χ2v) is 11.7. The van der Waals surface area contributed by atoms with Gasteiger partial charge in [0.2, 0.25) is 15.1 Å². The van der Waals surface area contributed by atoms with Crippen LogP contribution in [0, 0.1) is 3.57 Å². The molecule has 0 spiro atoms. The van der Waals surface area contributed by atoms with E-state index in [2.05, 4.69) is 42.3 Å². The molecule has 3 heterocycles. The van der Waals surface area contributed by atoms with Crippen LogP contribution in [0.25, 0.3) is 11.2 Å². The molecule has 5 rings (SSSR count). The second kappa shape index (κ2) is 9.27. The second-order valence-electron chi connectivity index (χ2n) is 7.69. The average Bonchev–Trinajstić information content (AvgIpc) is 3.33. The van der Waals surface area contributed by atoms with Gasteiger partial charge in [-0.05, 0) is 59.7 Å². The molecule has 2 aromatic heterocycles.